The number of likely N-dealkylation sites (N-methyl/N-ethyl adjacent to an activating group) is 1. The van der Waals surface area contributed by atoms with Gasteiger partial charge in [-0.05, 0) is 31.7 Å². The fourth-order valence-electron chi connectivity index (χ4n) is 2.68. The summed E-state index contributed by atoms with van der Waals surface area (Å²) < 4.78 is 2.05. The van der Waals surface area contributed by atoms with Crippen LogP contribution in [0, 0.1) is 6.92 Å². The maximum Gasteiger partial charge on any atom is 0.110 e. The number of hydrogen-bond acceptors (Lipinski definition) is 3. The lowest BCUT2D eigenvalue weighted by molar-refractivity contribution is 0.551. The molecule has 2 heterocycles. The summed E-state index contributed by atoms with van der Waals surface area (Å²) in [5.41, 5.74) is 3.37. The molecule has 0 saturated carbocycles. The molecule has 21 heavy (non-hydrogen) atoms. The van der Waals surface area contributed by atoms with Gasteiger partial charge >= 0.3 is 0 Å². The van der Waals surface area contributed by atoms with Crippen molar-refractivity contribution in [2.75, 3.05) is 7.05 Å². The lowest BCUT2D eigenvalue weighted by Gasteiger charge is -2.17. The SMILES string of the molecule is CNC(Cc1nccn1C)c1cc(C)c2ccccc2n1. The molecule has 0 bridgehead atoms. The van der Waals surface area contributed by atoms with Gasteiger partial charge in [-0.2, -0.15) is 0 Å². The molecule has 0 saturated heterocycles. The quantitative estimate of drug-likeness (QED) is 0.799. The van der Waals surface area contributed by atoms with Gasteiger partial charge < -0.3 is 9.88 Å². The first kappa shape index (κ1) is 13.8. The summed E-state index contributed by atoms with van der Waals surface area (Å²) in [7, 11) is 3.99. The van der Waals surface area contributed by atoms with E-state index in [1.807, 2.05) is 32.6 Å². The third kappa shape index (κ3) is 2.67. The van der Waals surface area contributed by atoms with Gasteiger partial charge in [0.25, 0.3) is 0 Å². The topological polar surface area (TPSA) is 42.7 Å². The average Bonchev–Trinajstić information content (AvgIpc) is 2.90. The Labute approximate surface area is 124 Å². The molecule has 1 atom stereocenters. The van der Waals surface area contributed by atoms with Crippen molar-refractivity contribution in [3.05, 3.63) is 59.8 Å². The van der Waals surface area contributed by atoms with Crippen molar-refractivity contribution in [1.29, 1.82) is 0 Å². The highest BCUT2D eigenvalue weighted by molar-refractivity contribution is 5.82. The Bertz CT molecular complexity index is 760. The van der Waals surface area contributed by atoms with Crippen molar-refractivity contribution in [2.24, 2.45) is 7.05 Å². The van der Waals surface area contributed by atoms with Crippen LogP contribution in [0.5, 0.6) is 0 Å². The van der Waals surface area contributed by atoms with E-state index in [0.717, 1.165) is 23.5 Å². The van der Waals surface area contributed by atoms with E-state index in [1.54, 1.807) is 0 Å². The summed E-state index contributed by atoms with van der Waals surface area (Å²) in [6, 6.07) is 10.6. The molecule has 0 aliphatic rings. The maximum absolute atomic E-state index is 4.82. The van der Waals surface area contributed by atoms with Crippen molar-refractivity contribution >= 4 is 10.9 Å². The number of para-hydroxylation sites is 1. The van der Waals surface area contributed by atoms with Gasteiger partial charge in [-0.3, -0.25) is 4.98 Å². The van der Waals surface area contributed by atoms with Crippen molar-refractivity contribution < 1.29 is 0 Å². The second-order valence-corrected chi connectivity index (χ2v) is 5.38. The zero-order valence-corrected chi connectivity index (χ0v) is 12.7. The Balaban J connectivity index is 1.99. The van der Waals surface area contributed by atoms with Gasteiger partial charge in [-0.1, -0.05) is 18.2 Å². The Morgan fingerprint density at radius 3 is 2.81 bits per heavy atom. The first-order valence-corrected chi connectivity index (χ1v) is 7.19. The van der Waals surface area contributed by atoms with Crippen LogP contribution in [0.1, 0.15) is 23.1 Å². The summed E-state index contributed by atoms with van der Waals surface area (Å²) >= 11 is 0. The molecule has 0 fully saturated rings. The van der Waals surface area contributed by atoms with Crippen LogP contribution >= 0.6 is 0 Å². The number of benzene rings is 1. The van der Waals surface area contributed by atoms with Gasteiger partial charge in [0.2, 0.25) is 0 Å². The molecule has 4 heteroatoms. The molecule has 4 nitrogen and oxygen atoms in total. The second kappa shape index (κ2) is 5.66. The summed E-state index contributed by atoms with van der Waals surface area (Å²) in [5.74, 6) is 1.06. The molecule has 0 spiro atoms. The van der Waals surface area contributed by atoms with Gasteiger partial charge in [-0.15, -0.1) is 0 Å². The molecule has 2 aromatic heterocycles. The highest BCUT2D eigenvalue weighted by Crippen LogP contribution is 2.22. The molecule has 1 N–H and O–H groups in total. The number of aryl methyl sites for hydroxylation is 2. The summed E-state index contributed by atoms with van der Waals surface area (Å²) in [4.78, 5) is 9.23. The predicted octanol–water partition coefficient (Wildman–Crippen LogP) is 2.78. The molecular weight excluding hydrogens is 260 g/mol. The van der Waals surface area contributed by atoms with E-state index in [0.29, 0.717) is 0 Å². The van der Waals surface area contributed by atoms with E-state index in [4.69, 9.17) is 4.98 Å². The zero-order valence-electron chi connectivity index (χ0n) is 12.7. The third-order valence-electron chi connectivity index (χ3n) is 3.96. The lowest BCUT2D eigenvalue weighted by Crippen LogP contribution is -2.21. The molecule has 0 aliphatic heterocycles. The summed E-state index contributed by atoms with van der Waals surface area (Å²) in [6.45, 7) is 2.14. The average molecular weight is 280 g/mol. The smallest absolute Gasteiger partial charge is 0.110 e. The summed E-state index contributed by atoms with van der Waals surface area (Å²) in [5, 5.41) is 4.58. The lowest BCUT2D eigenvalue weighted by atomic mass is 10.0. The largest absolute Gasteiger partial charge is 0.338 e. The number of nitrogens with zero attached hydrogens (tertiary/aromatic N) is 3. The van der Waals surface area contributed by atoms with Crippen molar-refractivity contribution in [3.63, 3.8) is 0 Å². The van der Waals surface area contributed by atoms with E-state index in [-0.39, 0.29) is 6.04 Å². The van der Waals surface area contributed by atoms with E-state index in [2.05, 4.69) is 46.1 Å². The monoisotopic (exact) mass is 280 g/mol. The number of hydrogen-bond donors (Lipinski definition) is 1. The standard InChI is InChI=1S/C17H20N4/c1-12-10-16(20-14-7-5-4-6-13(12)14)15(18-2)11-17-19-8-9-21(17)3/h4-10,15,18H,11H2,1-3H3. The van der Waals surface area contributed by atoms with Crippen LogP contribution in [-0.2, 0) is 13.5 Å². The van der Waals surface area contributed by atoms with Crippen molar-refractivity contribution in [2.45, 2.75) is 19.4 Å². The van der Waals surface area contributed by atoms with E-state index >= 15 is 0 Å². The molecule has 0 aliphatic carbocycles. The number of pyridine rings is 1. The van der Waals surface area contributed by atoms with Crippen LogP contribution in [0.15, 0.2) is 42.7 Å². The van der Waals surface area contributed by atoms with Crippen LogP contribution in [0.3, 0.4) is 0 Å². The Kier molecular flexibility index (Phi) is 3.71. The maximum atomic E-state index is 4.82. The van der Waals surface area contributed by atoms with Crippen LogP contribution < -0.4 is 5.32 Å². The van der Waals surface area contributed by atoms with E-state index in [1.165, 1.54) is 10.9 Å². The Morgan fingerprint density at radius 1 is 1.29 bits per heavy atom. The molecule has 1 unspecified atom stereocenters. The number of aromatic nitrogens is 3. The van der Waals surface area contributed by atoms with Gasteiger partial charge in [0, 0.05) is 31.2 Å². The number of imidazole rings is 1. The molecular formula is C17H20N4. The van der Waals surface area contributed by atoms with Crippen LogP contribution in [-0.4, -0.2) is 21.6 Å². The van der Waals surface area contributed by atoms with E-state index in [9.17, 15) is 0 Å². The zero-order chi connectivity index (χ0) is 14.8. The van der Waals surface area contributed by atoms with Crippen LogP contribution in [0.4, 0.5) is 0 Å². The third-order valence-corrected chi connectivity index (χ3v) is 3.96. The fourth-order valence-corrected chi connectivity index (χ4v) is 2.68. The van der Waals surface area contributed by atoms with Crippen molar-refractivity contribution in [1.82, 2.24) is 19.9 Å². The van der Waals surface area contributed by atoms with E-state index < -0.39 is 0 Å². The molecule has 0 amide bonds. The second-order valence-electron chi connectivity index (χ2n) is 5.38. The van der Waals surface area contributed by atoms with Crippen LogP contribution in [0.2, 0.25) is 0 Å². The fraction of sp³-hybridized carbons (Fsp3) is 0.294. The highest BCUT2D eigenvalue weighted by Gasteiger charge is 2.15. The van der Waals surface area contributed by atoms with Crippen LogP contribution in [0.25, 0.3) is 10.9 Å². The van der Waals surface area contributed by atoms with Gasteiger partial charge in [0.1, 0.15) is 5.82 Å². The first-order chi connectivity index (χ1) is 10.2. The number of nitrogens with one attached hydrogen (secondary N) is 1. The Morgan fingerprint density at radius 2 is 2.10 bits per heavy atom. The molecule has 3 rings (SSSR count). The van der Waals surface area contributed by atoms with Crippen molar-refractivity contribution in [3.8, 4) is 0 Å². The normalized spacial score (nSPS) is 12.7. The van der Waals surface area contributed by atoms with Gasteiger partial charge in [-0.25, -0.2) is 4.98 Å². The number of rotatable bonds is 4. The minimum absolute atomic E-state index is 0.161. The first-order valence-electron chi connectivity index (χ1n) is 7.19. The Hall–Kier alpha value is -2.20. The van der Waals surface area contributed by atoms with Gasteiger partial charge in [0.05, 0.1) is 17.3 Å². The summed E-state index contributed by atoms with van der Waals surface area (Å²) in [6.07, 6.45) is 4.63. The minimum atomic E-state index is 0.161. The molecule has 3 aromatic rings. The molecule has 108 valence electrons. The molecule has 0 radical (unpaired) electrons. The van der Waals surface area contributed by atoms with Gasteiger partial charge in [0.15, 0.2) is 0 Å². The molecule has 1 aromatic carbocycles. The minimum Gasteiger partial charge on any atom is -0.338 e. The highest BCUT2D eigenvalue weighted by atomic mass is 15.0. The predicted molar refractivity (Wildman–Crippen MR) is 85.2 cm³/mol. The number of fused-ring (bicyclic) bond motifs is 1.